The lowest BCUT2D eigenvalue weighted by atomic mass is 10.1. The van der Waals surface area contributed by atoms with Crippen molar-refractivity contribution < 1.29 is 9.31 Å². The standard InChI is InChI=1S/C10H13FN2O2/c1-2-5-12-7-8-6-9(11)3-4-10(8)13(14)15/h3-4,6,12H,2,5,7H2,1H3. The summed E-state index contributed by atoms with van der Waals surface area (Å²) in [7, 11) is 0. The first kappa shape index (κ1) is 11.6. The second kappa shape index (κ2) is 5.41. The van der Waals surface area contributed by atoms with E-state index in [1.807, 2.05) is 6.92 Å². The largest absolute Gasteiger partial charge is 0.312 e. The fourth-order valence-corrected chi connectivity index (χ4v) is 1.27. The summed E-state index contributed by atoms with van der Waals surface area (Å²) in [4.78, 5) is 10.1. The predicted octanol–water partition coefficient (Wildman–Crippen LogP) is 2.23. The Kier molecular flexibility index (Phi) is 4.17. The summed E-state index contributed by atoms with van der Waals surface area (Å²) >= 11 is 0. The number of benzene rings is 1. The van der Waals surface area contributed by atoms with Crippen molar-refractivity contribution in [2.24, 2.45) is 0 Å². The van der Waals surface area contributed by atoms with Gasteiger partial charge in [0, 0.05) is 18.2 Å². The normalized spacial score (nSPS) is 10.3. The number of nitro groups is 1. The summed E-state index contributed by atoms with van der Waals surface area (Å²) in [6.07, 6.45) is 0.934. The van der Waals surface area contributed by atoms with E-state index >= 15 is 0 Å². The van der Waals surface area contributed by atoms with Gasteiger partial charge in [0.2, 0.25) is 0 Å². The molecule has 0 saturated carbocycles. The summed E-state index contributed by atoms with van der Waals surface area (Å²) in [5.74, 6) is -0.450. The van der Waals surface area contributed by atoms with E-state index in [1.54, 1.807) is 0 Å². The van der Waals surface area contributed by atoms with Crippen molar-refractivity contribution in [2.45, 2.75) is 19.9 Å². The topological polar surface area (TPSA) is 55.2 Å². The molecule has 0 spiro atoms. The van der Waals surface area contributed by atoms with Crippen LogP contribution < -0.4 is 5.32 Å². The fraction of sp³-hybridized carbons (Fsp3) is 0.400. The average molecular weight is 212 g/mol. The smallest absolute Gasteiger partial charge is 0.274 e. The van der Waals surface area contributed by atoms with Gasteiger partial charge in [0.15, 0.2) is 0 Å². The van der Waals surface area contributed by atoms with E-state index in [2.05, 4.69) is 5.32 Å². The van der Waals surface area contributed by atoms with Crippen molar-refractivity contribution in [1.29, 1.82) is 0 Å². The Hall–Kier alpha value is -1.49. The molecule has 0 aliphatic rings. The van der Waals surface area contributed by atoms with E-state index in [4.69, 9.17) is 0 Å². The highest BCUT2D eigenvalue weighted by Crippen LogP contribution is 2.19. The van der Waals surface area contributed by atoms with Gasteiger partial charge in [-0.15, -0.1) is 0 Å². The van der Waals surface area contributed by atoms with Gasteiger partial charge in [-0.3, -0.25) is 10.1 Å². The summed E-state index contributed by atoms with van der Waals surface area (Å²) in [6.45, 7) is 3.07. The Morgan fingerprint density at radius 3 is 2.87 bits per heavy atom. The van der Waals surface area contributed by atoms with Crippen molar-refractivity contribution in [2.75, 3.05) is 6.54 Å². The number of halogens is 1. The first-order chi connectivity index (χ1) is 7.15. The number of nitrogens with one attached hydrogen (secondary N) is 1. The van der Waals surface area contributed by atoms with Gasteiger partial charge in [0.25, 0.3) is 5.69 Å². The van der Waals surface area contributed by atoms with Crippen LogP contribution in [0.25, 0.3) is 0 Å². The summed E-state index contributed by atoms with van der Waals surface area (Å²) in [5, 5.41) is 13.6. The molecule has 0 bridgehead atoms. The van der Waals surface area contributed by atoms with Crippen LogP contribution >= 0.6 is 0 Å². The number of hydrogen-bond donors (Lipinski definition) is 1. The maximum absolute atomic E-state index is 12.9. The molecule has 4 nitrogen and oxygen atoms in total. The molecule has 0 heterocycles. The Bertz CT molecular complexity index is 355. The molecule has 0 radical (unpaired) electrons. The van der Waals surface area contributed by atoms with Crippen LogP contribution in [0.1, 0.15) is 18.9 Å². The van der Waals surface area contributed by atoms with E-state index in [0.29, 0.717) is 12.1 Å². The molecule has 0 amide bonds. The highest BCUT2D eigenvalue weighted by molar-refractivity contribution is 5.40. The SMILES string of the molecule is CCCNCc1cc(F)ccc1[N+](=O)[O-]. The number of rotatable bonds is 5. The number of hydrogen-bond acceptors (Lipinski definition) is 3. The third-order valence-corrected chi connectivity index (χ3v) is 1.98. The summed E-state index contributed by atoms with van der Waals surface area (Å²) in [5.41, 5.74) is 0.341. The molecule has 1 aromatic rings. The predicted molar refractivity (Wildman–Crippen MR) is 55.1 cm³/mol. The van der Waals surface area contributed by atoms with Crippen LogP contribution in [0.15, 0.2) is 18.2 Å². The van der Waals surface area contributed by atoms with Crippen LogP contribution in [0.3, 0.4) is 0 Å². The Morgan fingerprint density at radius 1 is 1.53 bits per heavy atom. The van der Waals surface area contributed by atoms with Gasteiger partial charge >= 0.3 is 0 Å². The molecule has 0 atom stereocenters. The van der Waals surface area contributed by atoms with Crippen molar-refractivity contribution in [3.8, 4) is 0 Å². The Labute approximate surface area is 87.3 Å². The molecule has 0 saturated heterocycles. The maximum Gasteiger partial charge on any atom is 0.274 e. The Morgan fingerprint density at radius 2 is 2.27 bits per heavy atom. The minimum atomic E-state index is -0.498. The van der Waals surface area contributed by atoms with Gasteiger partial charge in [-0.1, -0.05) is 6.92 Å². The molecule has 5 heteroatoms. The highest BCUT2D eigenvalue weighted by Gasteiger charge is 2.13. The quantitative estimate of drug-likeness (QED) is 0.462. The molecule has 0 aromatic heterocycles. The molecular weight excluding hydrogens is 199 g/mol. The molecular formula is C10H13FN2O2. The van der Waals surface area contributed by atoms with Gasteiger partial charge in [-0.05, 0) is 25.1 Å². The summed E-state index contributed by atoms with van der Waals surface area (Å²) in [6, 6.07) is 3.49. The van der Waals surface area contributed by atoms with Gasteiger partial charge in [0.1, 0.15) is 5.82 Å². The highest BCUT2D eigenvalue weighted by atomic mass is 19.1. The van der Waals surface area contributed by atoms with Crippen molar-refractivity contribution in [3.05, 3.63) is 39.7 Å². The van der Waals surface area contributed by atoms with Crippen LogP contribution in [0.5, 0.6) is 0 Å². The van der Waals surface area contributed by atoms with Crippen molar-refractivity contribution in [1.82, 2.24) is 5.32 Å². The molecule has 1 N–H and O–H groups in total. The Balaban J connectivity index is 2.82. The van der Waals surface area contributed by atoms with E-state index in [1.165, 1.54) is 12.1 Å². The van der Waals surface area contributed by atoms with Crippen molar-refractivity contribution >= 4 is 5.69 Å². The third-order valence-electron chi connectivity index (χ3n) is 1.98. The molecule has 82 valence electrons. The lowest BCUT2D eigenvalue weighted by Crippen LogP contribution is -2.15. The number of nitrogens with zero attached hydrogens (tertiary/aromatic N) is 1. The zero-order valence-corrected chi connectivity index (χ0v) is 8.50. The first-order valence-electron chi connectivity index (χ1n) is 4.78. The molecule has 0 unspecified atom stereocenters. The van der Waals surface area contributed by atoms with E-state index in [0.717, 1.165) is 19.0 Å². The maximum atomic E-state index is 12.9. The van der Waals surface area contributed by atoms with Crippen LogP contribution in [0, 0.1) is 15.9 Å². The summed E-state index contributed by atoms with van der Waals surface area (Å²) < 4.78 is 12.9. The zero-order chi connectivity index (χ0) is 11.3. The molecule has 1 aromatic carbocycles. The molecule has 0 fully saturated rings. The van der Waals surface area contributed by atoms with Crippen LogP contribution in [0.2, 0.25) is 0 Å². The van der Waals surface area contributed by atoms with E-state index in [-0.39, 0.29) is 5.69 Å². The molecule has 0 aliphatic carbocycles. The lowest BCUT2D eigenvalue weighted by molar-refractivity contribution is -0.385. The molecule has 15 heavy (non-hydrogen) atoms. The fourth-order valence-electron chi connectivity index (χ4n) is 1.27. The monoisotopic (exact) mass is 212 g/mol. The van der Waals surface area contributed by atoms with Crippen molar-refractivity contribution in [3.63, 3.8) is 0 Å². The third kappa shape index (κ3) is 3.28. The van der Waals surface area contributed by atoms with Crippen LogP contribution in [-0.4, -0.2) is 11.5 Å². The first-order valence-corrected chi connectivity index (χ1v) is 4.78. The van der Waals surface area contributed by atoms with E-state index in [9.17, 15) is 14.5 Å². The van der Waals surface area contributed by atoms with Gasteiger partial charge < -0.3 is 5.32 Å². The lowest BCUT2D eigenvalue weighted by Gasteiger charge is -2.04. The van der Waals surface area contributed by atoms with Gasteiger partial charge in [0.05, 0.1) is 4.92 Å². The van der Waals surface area contributed by atoms with Crippen LogP contribution in [-0.2, 0) is 6.54 Å². The zero-order valence-electron chi connectivity index (χ0n) is 8.50. The van der Waals surface area contributed by atoms with Gasteiger partial charge in [-0.25, -0.2) is 4.39 Å². The van der Waals surface area contributed by atoms with Crippen LogP contribution in [0.4, 0.5) is 10.1 Å². The van der Waals surface area contributed by atoms with E-state index < -0.39 is 10.7 Å². The molecule has 0 aliphatic heterocycles. The molecule has 1 rings (SSSR count). The van der Waals surface area contributed by atoms with Gasteiger partial charge in [-0.2, -0.15) is 0 Å². The average Bonchev–Trinajstić information content (AvgIpc) is 2.18. The second-order valence-corrected chi connectivity index (χ2v) is 3.21. The second-order valence-electron chi connectivity index (χ2n) is 3.21. The minimum absolute atomic E-state index is 0.0417. The number of nitro benzene ring substituents is 1. The minimum Gasteiger partial charge on any atom is -0.312 e.